The van der Waals surface area contributed by atoms with Gasteiger partial charge in [0.15, 0.2) is 11.6 Å². The van der Waals surface area contributed by atoms with E-state index in [1.807, 2.05) is 0 Å². The molecule has 37 heavy (non-hydrogen) atoms. The smallest absolute Gasteiger partial charge is 0.329 e. The van der Waals surface area contributed by atoms with Crippen LogP contribution in [0.25, 0.3) is 22.5 Å². The van der Waals surface area contributed by atoms with Crippen LogP contribution in [0.5, 0.6) is 0 Å². The first-order chi connectivity index (χ1) is 17.9. The monoisotopic (exact) mass is 517 g/mol. The van der Waals surface area contributed by atoms with Crippen LogP contribution < -0.4 is 5.69 Å². The van der Waals surface area contributed by atoms with Crippen molar-refractivity contribution in [1.29, 1.82) is 0 Å². The molecule has 0 aliphatic carbocycles. The predicted molar refractivity (Wildman–Crippen MR) is 124 cm³/mol. The van der Waals surface area contributed by atoms with Crippen molar-refractivity contribution in [3.63, 3.8) is 0 Å². The number of fused-ring (bicyclic) bond motifs is 1. The van der Waals surface area contributed by atoms with E-state index in [0.717, 1.165) is 25.2 Å². The van der Waals surface area contributed by atoms with Crippen molar-refractivity contribution in [2.24, 2.45) is 0 Å². The summed E-state index contributed by atoms with van der Waals surface area (Å²) < 4.78 is 67.3. The maximum absolute atomic E-state index is 14.3. The van der Waals surface area contributed by atoms with E-state index in [-0.39, 0.29) is 24.2 Å². The van der Waals surface area contributed by atoms with Gasteiger partial charge in [0.05, 0.1) is 36.8 Å². The Morgan fingerprint density at radius 3 is 2.22 bits per heavy atom. The molecule has 2 saturated heterocycles. The lowest BCUT2D eigenvalue weighted by atomic mass is 10.0. The number of halogens is 4. The second kappa shape index (κ2) is 9.42. The lowest BCUT2D eigenvalue weighted by Crippen LogP contribution is -2.52. The minimum Gasteiger partial charge on any atom is -0.415 e. The van der Waals surface area contributed by atoms with Gasteiger partial charge in [0, 0.05) is 36.8 Å². The summed E-state index contributed by atoms with van der Waals surface area (Å²) in [7, 11) is 0. The minimum absolute atomic E-state index is 0.0482. The fraction of sp³-hybridized carbons (Fsp3) is 0.400. The zero-order valence-electron chi connectivity index (χ0n) is 19.6. The molecule has 194 valence electrons. The molecule has 0 spiro atoms. The van der Waals surface area contributed by atoms with E-state index in [2.05, 4.69) is 15.1 Å². The molecule has 0 atom stereocenters. The average molecular weight is 517 g/mol. The van der Waals surface area contributed by atoms with Crippen molar-refractivity contribution < 1.29 is 26.7 Å². The maximum atomic E-state index is 14.3. The third kappa shape index (κ3) is 4.33. The quantitative estimate of drug-likeness (QED) is 0.358. The average Bonchev–Trinajstić information content (AvgIpc) is 3.44. The van der Waals surface area contributed by atoms with E-state index in [1.54, 1.807) is 28.8 Å². The highest BCUT2D eigenvalue weighted by atomic mass is 19.3. The van der Waals surface area contributed by atoms with Crippen molar-refractivity contribution in [3.05, 3.63) is 70.0 Å². The predicted octanol–water partition coefficient (Wildman–Crippen LogP) is 4.15. The van der Waals surface area contributed by atoms with E-state index < -0.39 is 24.0 Å². The Balaban J connectivity index is 1.30. The molecule has 12 heteroatoms. The van der Waals surface area contributed by atoms with Gasteiger partial charge in [-0.15, -0.1) is 10.2 Å². The first-order valence-corrected chi connectivity index (χ1v) is 12.0. The number of hydrogen-bond acceptors (Lipinski definition) is 6. The number of nitrogens with zero attached hydrogens (tertiary/aromatic N) is 5. The summed E-state index contributed by atoms with van der Waals surface area (Å²) in [4.78, 5) is 15.9. The summed E-state index contributed by atoms with van der Waals surface area (Å²) >= 11 is 0. The summed E-state index contributed by atoms with van der Waals surface area (Å²) in [6.07, 6.45) is -1.43. The standard InChI is InChI=1S/C25H23F4N5O3/c26-18-9-20-21(10-19(18)27)34(16-5-7-32(8-6-16)17-12-36-13-17)25(35)33(20)11-14-1-3-15(4-2-14)23-30-31-24(37-23)22(28)29/h1-4,9-10,16-17,22H,5-8,11-13H2. The van der Waals surface area contributed by atoms with Gasteiger partial charge in [-0.25, -0.2) is 13.6 Å². The van der Waals surface area contributed by atoms with E-state index in [9.17, 15) is 22.4 Å². The fourth-order valence-electron chi connectivity index (χ4n) is 5.09. The van der Waals surface area contributed by atoms with Crippen LogP contribution in [-0.2, 0) is 11.3 Å². The topological polar surface area (TPSA) is 78.3 Å². The van der Waals surface area contributed by atoms with Crippen molar-refractivity contribution in [3.8, 4) is 11.5 Å². The van der Waals surface area contributed by atoms with Crippen LogP contribution in [0, 0.1) is 11.6 Å². The Kier molecular flexibility index (Phi) is 6.07. The van der Waals surface area contributed by atoms with Gasteiger partial charge in [0.2, 0.25) is 5.89 Å². The molecule has 2 aliphatic heterocycles. The fourth-order valence-corrected chi connectivity index (χ4v) is 5.09. The highest BCUT2D eigenvalue weighted by Crippen LogP contribution is 2.29. The molecule has 2 aromatic carbocycles. The molecule has 0 N–H and O–H groups in total. The maximum Gasteiger partial charge on any atom is 0.329 e. The highest BCUT2D eigenvalue weighted by molar-refractivity contribution is 5.76. The van der Waals surface area contributed by atoms with Crippen molar-refractivity contribution in [2.75, 3.05) is 26.3 Å². The van der Waals surface area contributed by atoms with E-state index in [0.29, 0.717) is 54.3 Å². The molecule has 8 nitrogen and oxygen atoms in total. The van der Waals surface area contributed by atoms with Crippen LogP contribution in [-0.4, -0.2) is 56.6 Å². The van der Waals surface area contributed by atoms with Crippen LogP contribution in [0.15, 0.2) is 45.6 Å². The van der Waals surface area contributed by atoms with Gasteiger partial charge in [0.25, 0.3) is 5.89 Å². The molecule has 2 aromatic heterocycles. The number of imidazole rings is 1. The molecule has 0 radical (unpaired) electrons. The summed E-state index contributed by atoms with van der Waals surface area (Å²) in [5.41, 5.74) is 1.46. The molecule has 2 aliphatic rings. The number of hydrogen-bond donors (Lipinski definition) is 0. The van der Waals surface area contributed by atoms with Crippen LogP contribution in [0.2, 0.25) is 0 Å². The largest absolute Gasteiger partial charge is 0.415 e. The van der Waals surface area contributed by atoms with Gasteiger partial charge in [0.1, 0.15) is 0 Å². The molecule has 6 rings (SSSR count). The zero-order valence-corrected chi connectivity index (χ0v) is 19.6. The second-order valence-corrected chi connectivity index (χ2v) is 9.40. The number of alkyl halides is 2. The SMILES string of the molecule is O=c1n(Cc2ccc(-c3nnc(C(F)F)o3)cc2)c2cc(F)c(F)cc2n1C1CCN(C2COC2)CC1. The summed E-state index contributed by atoms with van der Waals surface area (Å²) in [5.74, 6) is -2.85. The number of aromatic nitrogens is 4. The lowest BCUT2D eigenvalue weighted by molar-refractivity contribution is -0.0731. The molecule has 0 saturated carbocycles. The van der Waals surface area contributed by atoms with Gasteiger partial charge in [-0.1, -0.05) is 12.1 Å². The van der Waals surface area contributed by atoms with Gasteiger partial charge >= 0.3 is 12.1 Å². The molecule has 4 aromatic rings. The van der Waals surface area contributed by atoms with Crippen LogP contribution >= 0.6 is 0 Å². The van der Waals surface area contributed by atoms with E-state index in [1.165, 1.54) is 4.57 Å². The summed E-state index contributed by atoms with van der Waals surface area (Å²) in [6.45, 7) is 3.13. The third-order valence-corrected chi connectivity index (χ3v) is 7.17. The van der Waals surface area contributed by atoms with E-state index >= 15 is 0 Å². The Bertz CT molecular complexity index is 1480. The molecule has 0 bridgehead atoms. The van der Waals surface area contributed by atoms with Crippen molar-refractivity contribution in [1.82, 2.24) is 24.2 Å². The summed E-state index contributed by atoms with van der Waals surface area (Å²) in [6, 6.07) is 9.03. The first-order valence-electron chi connectivity index (χ1n) is 12.0. The number of piperidine rings is 1. The van der Waals surface area contributed by atoms with Crippen molar-refractivity contribution >= 4 is 11.0 Å². The molecule has 2 fully saturated rings. The van der Waals surface area contributed by atoms with Gasteiger partial charge in [-0.05, 0) is 30.5 Å². The number of benzene rings is 2. The number of likely N-dealkylation sites (tertiary alicyclic amines) is 1. The first kappa shape index (κ1) is 23.9. The Morgan fingerprint density at radius 1 is 0.946 bits per heavy atom. The zero-order chi connectivity index (χ0) is 25.7. The normalized spacial score (nSPS) is 17.6. The van der Waals surface area contributed by atoms with Crippen molar-refractivity contribution in [2.45, 2.75) is 37.9 Å². The third-order valence-electron chi connectivity index (χ3n) is 7.17. The minimum atomic E-state index is -2.87. The Labute approximate surface area is 208 Å². The molecular formula is C25H23F4N5O3. The lowest BCUT2D eigenvalue weighted by Gasteiger charge is -2.41. The number of ether oxygens (including phenoxy) is 1. The molecule has 0 unspecified atom stereocenters. The van der Waals surface area contributed by atoms with Gasteiger partial charge in [-0.2, -0.15) is 8.78 Å². The van der Waals surface area contributed by atoms with Crippen LogP contribution in [0.4, 0.5) is 17.6 Å². The molecule has 4 heterocycles. The van der Waals surface area contributed by atoms with E-state index in [4.69, 9.17) is 9.15 Å². The Hall–Kier alpha value is -3.51. The van der Waals surface area contributed by atoms with Crippen LogP contribution in [0.3, 0.4) is 0 Å². The molecular weight excluding hydrogens is 494 g/mol. The summed E-state index contributed by atoms with van der Waals surface area (Å²) in [5, 5.41) is 6.95. The van der Waals surface area contributed by atoms with Gasteiger partial charge in [-0.3, -0.25) is 14.0 Å². The van der Waals surface area contributed by atoms with Crippen LogP contribution in [0.1, 0.15) is 36.8 Å². The second-order valence-electron chi connectivity index (χ2n) is 9.40. The van der Waals surface area contributed by atoms with Gasteiger partial charge < -0.3 is 9.15 Å². The number of rotatable bonds is 6. The molecule has 0 amide bonds. The highest BCUT2D eigenvalue weighted by Gasteiger charge is 2.32. The Morgan fingerprint density at radius 2 is 1.62 bits per heavy atom.